The highest BCUT2D eigenvalue weighted by molar-refractivity contribution is 7.89. The van der Waals surface area contributed by atoms with Crippen molar-refractivity contribution in [3.63, 3.8) is 0 Å². The Kier molecular flexibility index (Phi) is 4.26. The fourth-order valence-electron chi connectivity index (χ4n) is 1.92. The molecule has 0 aliphatic heterocycles. The first-order valence-corrected chi connectivity index (χ1v) is 7.70. The Morgan fingerprint density at radius 3 is 2.86 bits per heavy atom. The molecule has 1 atom stereocenters. The van der Waals surface area contributed by atoms with Crippen LogP contribution in [-0.2, 0) is 16.6 Å². The Morgan fingerprint density at radius 2 is 2.29 bits per heavy atom. The zero-order chi connectivity index (χ0) is 15.5. The van der Waals surface area contributed by atoms with E-state index in [1.54, 1.807) is 30.1 Å². The molecular formula is C13H15N5O2S. The molecule has 0 aliphatic carbocycles. The molecule has 0 spiro atoms. The van der Waals surface area contributed by atoms with E-state index >= 15 is 0 Å². The van der Waals surface area contributed by atoms with Gasteiger partial charge in [-0.2, -0.15) is 10.4 Å². The lowest BCUT2D eigenvalue weighted by molar-refractivity contribution is 0.494. The summed E-state index contributed by atoms with van der Waals surface area (Å²) < 4.78 is 28.7. The van der Waals surface area contributed by atoms with Gasteiger partial charge in [0.25, 0.3) is 0 Å². The molecule has 1 heterocycles. The van der Waals surface area contributed by atoms with Gasteiger partial charge in [-0.05, 0) is 31.2 Å². The lowest BCUT2D eigenvalue weighted by Gasteiger charge is -2.15. The van der Waals surface area contributed by atoms with Crippen molar-refractivity contribution in [1.29, 1.82) is 5.26 Å². The molecule has 0 saturated carbocycles. The minimum Gasteiger partial charge on any atom is -0.398 e. The molecule has 0 aliphatic rings. The molecule has 0 saturated heterocycles. The van der Waals surface area contributed by atoms with Crippen molar-refractivity contribution in [3.8, 4) is 6.07 Å². The van der Waals surface area contributed by atoms with Gasteiger partial charge in [-0.25, -0.2) is 13.1 Å². The zero-order valence-electron chi connectivity index (χ0n) is 11.4. The normalized spacial score (nSPS) is 12.8. The van der Waals surface area contributed by atoms with Crippen molar-refractivity contribution in [1.82, 2.24) is 14.5 Å². The fraction of sp³-hybridized carbons (Fsp3) is 0.231. The van der Waals surface area contributed by atoms with Crippen LogP contribution in [0, 0.1) is 11.3 Å². The molecule has 0 bridgehead atoms. The van der Waals surface area contributed by atoms with Crippen molar-refractivity contribution in [3.05, 3.63) is 42.2 Å². The summed E-state index contributed by atoms with van der Waals surface area (Å²) in [6.07, 6.45) is 3.38. The predicted molar refractivity (Wildman–Crippen MR) is 77.6 cm³/mol. The minimum atomic E-state index is -3.74. The van der Waals surface area contributed by atoms with Gasteiger partial charge in [0, 0.05) is 18.4 Å². The monoisotopic (exact) mass is 305 g/mol. The maximum Gasteiger partial charge on any atom is 0.242 e. The minimum absolute atomic E-state index is 0.0335. The van der Waals surface area contributed by atoms with Gasteiger partial charge in [-0.15, -0.1) is 0 Å². The van der Waals surface area contributed by atoms with Crippen LogP contribution in [0.25, 0.3) is 0 Å². The maximum absolute atomic E-state index is 12.3. The Balaban J connectivity index is 2.16. The van der Waals surface area contributed by atoms with Crippen LogP contribution in [0.15, 0.2) is 41.6 Å². The third-order valence-electron chi connectivity index (χ3n) is 2.80. The molecule has 3 N–H and O–H groups in total. The topological polar surface area (TPSA) is 114 Å². The van der Waals surface area contributed by atoms with Crippen LogP contribution in [0.3, 0.4) is 0 Å². The number of nitrogens with zero attached hydrogens (tertiary/aromatic N) is 3. The van der Waals surface area contributed by atoms with Crippen molar-refractivity contribution in [2.45, 2.75) is 24.4 Å². The Hall–Kier alpha value is -2.37. The zero-order valence-corrected chi connectivity index (χ0v) is 12.2. The quantitative estimate of drug-likeness (QED) is 0.789. The summed E-state index contributed by atoms with van der Waals surface area (Å²) in [5, 5.41) is 12.8. The van der Waals surface area contributed by atoms with Crippen LogP contribution in [0.4, 0.5) is 5.69 Å². The SMILES string of the molecule is CC(Cn1cccn1)NS(=O)(=O)c1ccc(C#N)cc1N. The van der Waals surface area contributed by atoms with Crippen molar-refractivity contribution < 1.29 is 8.42 Å². The van der Waals surface area contributed by atoms with E-state index in [2.05, 4.69) is 9.82 Å². The molecule has 0 amide bonds. The van der Waals surface area contributed by atoms with Gasteiger partial charge in [0.1, 0.15) is 4.90 Å². The van der Waals surface area contributed by atoms with E-state index < -0.39 is 10.0 Å². The summed E-state index contributed by atoms with van der Waals surface area (Å²) in [5.74, 6) is 0. The number of nitrogens with two attached hydrogens (primary N) is 1. The first-order chi connectivity index (χ1) is 9.92. The van der Waals surface area contributed by atoms with Crippen LogP contribution < -0.4 is 10.5 Å². The smallest absolute Gasteiger partial charge is 0.242 e. The van der Waals surface area contributed by atoms with Gasteiger partial charge in [0.15, 0.2) is 0 Å². The number of hydrogen-bond donors (Lipinski definition) is 2. The van der Waals surface area contributed by atoms with E-state index in [0.717, 1.165) is 0 Å². The second-order valence-corrected chi connectivity index (χ2v) is 6.30. The Bertz CT molecular complexity index is 762. The summed E-state index contributed by atoms with van der Waals surface area (Å²) in [6, 6.07) is 7.41. The summed E-state index contributed by atoms with van der Waals surface area (Å²) >= 11 is 0. The number of aromatic nitrogens is 2. The first kappa shape index (κ1) is 15.0. The standard InChI is InChI=1S/C13H15N5O2S/c1-10(9-18-6-2-5-16-18)17-21(19,20)13-4-3-11(8-14)7-12(13)15/h2-7,10,17H,9,15H2,1H3. The molecule has 8 heteroatoms. The molecule has 1 aromatic heterocycles. The summed E-state index contributed by atoms with van der Waals surface area (Å²) in [4.78, 5) is -0.0335. The lowest BCUT2D eigenvalue weighted by Crippen LogP contribution is -2.36. The van der Waals surface area contributed by atoms with Gasteiger partial charge in [-0.1, -0.05) is 0 Å². The average Bonchev–Trinajstić information content (AvgIpc) is 2.90. The largest absolute Gasteiger partial charge is 0.398 e. The van der Waals surface area contributed by atoms with E-state index in [1.165, 1.54) is 18.2 Å². The molecule has 1 aromatic carbocycles. The Morgan fingerprint density at radius 1 is 1.52 bits per heavy atom. The average molecular weight is 305 g/mol. The van der Waals surface area contributed by atoms with E-state index in [1.807, 2.05) is 6.07 Å². The lowest BCUT2D eigenvalue weighted by atomic mass is 10.2. The van der Waals surface area contributed by atoms with Gasteiger partial charge >= 0.3 is 0 Å². The van der Waals surface area contributed by atoms with Gasteiger partial charge < -0.3 is 5.73 Å². The molecule has 2 aromatic rings. The molecule has 0 radical (unpaired) electrons. The first-order valence-electron chi connectivity index (χ1n) is 6.22. The van der Waals surface area contributed by atoms with Crippen molar-refractivity contribution >= 4 is 15.7 Å². The molecule has 0 fully saturated rings. The molecule has 2 rings (SSSR count). The van der Waals surface area contributed by atoms with Crippen LogP contribution in [0.2, 0.25) is 0 Å². The van der Waals surface area contributed by atoms with Crippen molar-refractivity contribution in [2.75, 3.05) is 5.73 Å². The highest BCUT2D eigenvalue weighted by Gasteiger charge is 2.20. The predicted octanol–water partition coefficient (Wildman–Crippen LogP) is 0.704. The van der Waals surface area contributed by atoms with E-state index in [4.69, 9.17) is 11.0 Å². The third-order valence-corrected chi connectivity index (χ3v) is 4.47. The number of nitriles is 1. The number of nitrogen functional groups attached to an aromatic ring is 1. The van der Waals surface area contributed by atoms with Gasteiger partial charge in [0.2, 0.25) is 10.0 Å². The molecular weight excluding hydrogens is 290 g/mol. The molecule has 7 nitrogen and oxygen atoms in total. The fourth-order valence-corrected chi connectivity index (χ4v) is 3.27. The van der Waals surface area contributed by atoms with E-state index in [-0.39, 0.29) is 16.6 Å². The summed E-state index contributed by atoms with van der Waals surface area (Å²) in [5.41, 5.74) is 6.07. The number of sulfonamides is 1. The summed E-state index contributed by atoms with van der Waals surface area (Å²) in [6.45, 7) is 2.14. The number of hydrogen-bond acceptors (Lipinski definition) is 5. The molecule has 21 heavy (non-hydrogen) atoms. The van der Waals surface area contributed by atoms with Crippen LogP contribution >= 0.6 is 0 Å². The van der Waals surface area contributed by atoms with Crippen LogP contribution in [0.5, 0.6) is 0 Å². The van der Waals surface area contributed by atoms with Crippen LogP contribution in [0.1, 0.15) is 12.5 Å². The van der Waals surface area contributed by atoms with Gasteiger partial charge in [0.05, 0.1) is 23.9 Å². The molecule has 1 unspecified atom stereocenters. The maximum atomic E-state index is 12.3. The van der Waals surface area contributed by atoms with Crippen molar-refractivity contribution in [2.24, 2.45) is 0 Å². The second kappa shape index (κ2) is 5.95. The second-order valence-electron chi connectivity index (χ2n) is 4.61. The number of nitrogens with one attached hydrogen (secondary N) is 1. The summed E-state index contributed by atoms with van der Waals surface area (Å²) in [7, 11) is -3.74. The number of rotatable bonds is 5. The highest BCUT2D eigenvalue weighted by atomic mass is 32.2. The van der Waals surface area contributed by atoms with Crippen LogP contribution in [-0.4, -0.2) is 24.2 Å². The van der Waals surface area contributed by atoms with E-state index in [9.17, 15) is 8.42 Å². The highest BCUT2D eigenvalue weighted by Crippen LogP contribution is 2.19. The van der Waals surface area contributed by atoms with Gasteiger partial charge in [-0.3, -0.25) is 4.68 Å². The Labute approximate surface area is 123 Å². The number of benzene rings is 1. The third kappa shape index (κ3) is 3.59. The molecule has 110 valence electrons. The van der Waals surface area contributed by atoms with E-state index in [0.29, 0.717) is 12.1 Å². The number of anilines is 1.